The summed E-state index contributed by atoms with van der Waals surface area (Å²) in [5.74, 6) is 5.03. The lowest BCUT2D eigenvalue weighted by molar-refractivity contribution is -0.0125. The third-order valence-electron chi connectivity index (χ3n) is 7.97. The molecule has 0 aliphatic heterocycles. The Balaban J connectivity index is 1.30. The van der Waals surface area contributed by atoms with E-state index in [2.05, 4.69) is 13.8 Å². The smallest absolute Gasteiger partial charge is 0.0575 e. The summed E-state index contributed by atoms with van der Waals surface area (Å²) in [5, 5.41) is 0. The molecule has 0 N–H and O–H groups in total. The van der Waals surface area contributed by atoms with Crippen molar-refractivity contribution in [2.45, 2.75) is 110 Å². The number of ether oxygens (including phenoxy) is 1. The zero-order valence-electron chi connectivity index (χ0n) is 16.5. The molecule has 0 spiro atoms. The minimum atomic E-state index is 0.592. The van der Waals surface area contributed by atoms with Crippen LogP contribution >= 0.6 is 0 Å². The van der Waals surface area contributed by atoms with Crippen molar-refractivity contribution in [3.05, 3.63) is 0 Å². The molecule has 3 fully saturated rings. The van der Waals surface area contributed by atoms with E-state index >= 15 is 0 Å². The van der Waals surface area contributed by atoms with Crippen LogP contribution in [0.15, 0.2) is 0 Å². The van der Waals surface area contributed by atoms with Crippen LogP contribution in [0.4, 0.5) is 0 Å². The third-order valence-corrected chi connectivity index (χ3v) is 7.97. The zero-order valence-corrected chi connectivity index (χ0v) is 16.5. The Labute approximate surface area is 151 Å². The molecule has 3 saturated carbocycles. The zero-order chi connectivity index (χ0) is 16.8. The van der Waals surface area contributed by atoms with Gasteiger partial charge >= 0.3 is 0 Å². The average Bonchev–Trinajstić information content (AvgIpc) is 2.67. The Kier molecular flexibility index (Phi) is 7.50. The molecule has 0 radical (unpaired) electrons. The van der Waals surface area contributed by atoms with E-state index in [4.69, 9.17) is 4.74 Å². The molecule has 1 nitrogen and oxygen atoms in total. The lowest BCUT2D eigenvalue weighted by Gasteiger charge is -2.38. The van der Waals surface area contributed by atoms with E-state index in [0.717, 1.165) is 36.2 Å². The van der Waals surface area contributed by atoms with Gasteiger partial charge in [-0.15, -0.1) is 0 Å². The van der Waals surface area contributed by atoms with Crippen LogP contribution in [0, 0.1) is 29.6 Å². The van der Waals surface area contributed by atoms with Crippen molar-refractivity contribution in [1.82, 2.24) is 0 Å². The maximum absolute atomic E-state index is 6.32. The van der Waals surface area contributed by atoms with Crippen molar-refractivity contribution in [3.63, 3.8) is 0 Å². The van der Waals surface area contributed by atoms with Crippen molar-refractivity contribution in [1.29, 1.82) is 0 Å². The summed E-state index contributed by atoms with van der Waals surface area (Å²) in [4.78, 5) is 0. The topological polar surface area (TPSA) is 9.23 Å². The molecule has 140 valence electrons. The molecule has 0 amide bonds. The largest absolute Gasteiger partial charge is 0.378 e. The normalized spacial score (nSPS) is 41.2. The molecule has 3 rings (SSSR count). The van der Waals surface area contributed by atoms with Crippen molar-refractivity contribution >= 4 is 0 Å². The maximum atomic E-state index is 6.32. The Morgan fingerprint density at radius 2 is 0.958 bits per heavy atom. The predicted molar refractivity (Wildman–Crippen MR) is 103 cm³/mol. The highest BCUT2D eigenvalue weighted by atomic mass is 16.5. The van der Waals surface area contributed by atoms with Gasteiger partial charge in [0.05, 0.1) is 6.10 Å². The van der Waals surface area contributed by atoms with Crippen molar-refractivity contribution in [2.24, 2.45) is 29.6 Å². The molecule has 0 unspecified atom stereocenters. The molecular weight excluding hydrogens is 292 g/mol. The van der Waals surface area contributed by atoms with E-state index in [1.165, 1.54) is 89.9 Å². The van der Waals surface area contributed by atoms with Crippen LogP contribution in [0.25, 0.3) is 0 Å². The Hall–Kier alpha value is -0.0400. The van der Waals surface area contributed by atoms with Gasteiger partial charge in [0, 0.05) is 6.61 Å². The predicted octanol–water partition coefficient (Wildman–Crippen LogP) is 6.99. The van der Waals surface area contributed by atoms with E-state index < -0.39 is 0 Å². The van der Waals surface area contributed by atoms with Crippen LogP contribution in [0.1, 0.15) is 104 Å². The molecule has 0 aromatic carbocycles. The first-order valence-corrected chi connectivity index (χ1v) is 11.4. The van der Waals surface area contributed by atoms with Crippen LogP contribution < -0.4 is 0 Å². The molecule has 0 aromatic rings. The van der Waals surface area contributed by atoms with Gasteiger partial charge in [0.2, 0.25) is 0 Å². The number of hydrogen-bond acceptors (Lipinski definition) is 1. The molecule has 0 heterocycles. The van der Waals surface area contributed by atoms with Gasteiger partial charge in [-0.1, -0.05) is 39.5 Å². The Bertz CT molecular complexity index is 328. The van der Waals surface area contributed by atoms with Gasteiger partial charge in [-0.25, -0.2) is 0 Å². The Morgan fingerprint density at radius 3 is 1.42 bits per heavy atom. The lowest BCUT2D eigenvalue weighted by atomic mass is 9.69. The van der Waals surface area contributed by atoms with Crippen LogP contribution in [0.2, 0.25) is 0 Å². The van der Waals surface area contributed by atoms with E-state index in [1.807, 2.05) is 0 Å². The molecule has 24 heavy (non-hydrogen) atoms. The quantitative estimate of drug-likeness (QED) is 0.508. The first-order valence-electron chi connectivity index (χ1n) is 11.4. The van der Waals surface area contributed by atoms with Crippen LogP contribution in [-0.4, -0.2) is 12.7 Å². The molecular formula is C23H42O. The fourth-order valence-corrected chi connectivity index (χ4v) is 5.87. The molecule has 3 aliphatic carbocycles. The van der Waals surface area contributed by atoms with E-state index in [-0.39, 0.29) is 0 Å². The van der Waals surface area contributed by atoms with Crippen LogP contribution in [-0.2, 0) is 4.74 Å². The van der Waals surface area contributed by atoms with Crippen molar-refractivity contribution in [3.8, 4) is 0 Å². The molecule has 1 heteroatoms. The SMILES string of the molecule is CCC1CCC(OCC2CCC(C3CCC(CC)CC3)CC2)CC1. The van der Waals surface area contributed by atoms with E-state index in [1.54, 1.807) is 0 Å². The van der Waals surface area contributed by atoms with Crippen molar-refractivity contribution in [2.75, 3.05) is 6.61 Å². The summed E-state index contributed by atoms with van der Waals surface area (Å²) in [6.07, 6.45) is 20.8. The second kappa shape index (κ2) is 9.60. The molecule has 0 saturated heterocycles. The summed E-state index contributed by atoms with van der Waals surface area (Å²) in [6.45, 7) is 5.79. The first-order chi connectivity index (χ1) is 11.8. The summed E-state index contributed by atoms with van der Waals surface area (Å²) < 4.78 is 6.32. The van der Waals surface area contributed by atoms with Gasteiger partial charge in [0.25, 0.3) is 0 Å². The Morgan fingerprint density at radius 1 is 0.542 bits per heavy atom. The van der Waals surface area contributed by atoms with Crippen LogP contribution in [0.5, 0.6) is 0 Å². The molecule has 3 aliphatic rings. The van der Waals surface area contributed by atoms with Gasteiger partial charge in [-0.05, 0) is 93.8 Å². The highest BCUT2D eigenvalue weighted by Gasteiger charge is 2.31. The third kappa shape index (κ3) is 5.23. The molecule has 0 bridgehead atoms. The van der Waals surface area contributed by atoms with Gasteiger partial charge in [0.1, 0.15) is 0 Å². The standard InChI is InChI=1S/C23H42O/c1-3-18-5-11-21(12-6-18)22-13-7-20(8-14-22)17-24-23-15-9-19(4-2)10-16-23/h18-23H,3-17H2,1-2H3. The van der Waals surface area contributed by atoms with Gasteiger partial charge in [-0.2, -0.15) is 0 Å². The molecule has 0 atom stereocenters. The highest BCUT2D eigenvalue weighted by molar-refractivity contribution is 4.82. The minimum absolute atomic E-state index is 0.592. The second-order valence-electron chi connectivity index (χ2n) is 9.35. The fourth-order valence-electron chi connectivity index (χ4n) is 5.87. The lowest BCUT2D eigenvalue weighted by Crippen LogP contribution is -2.29. The van der Waals surface area contributed by atoms with Crippen molar-refractivity contribution < 1.29 is 4.74 Å². The summed E-state index contributed by atoms with van der Waals surface area (Å²) in [5.41, 5.74) is 0. The summed E-state index contributed by atoms with van der Waals surface area (Å²) in [6, 6.07) is 0. The van der Waals surface area contributed by atoms with Gasteiger partial charge < -0.3 is 4.74 Å². The van der Waals surface area contributed by atoms with E-state index in [9.17, 15) is 0 Å². The highest BCUT2D eigenvalue weighted by Crippen LogP contribution is 2.42. The van der Waals surface area contributed by atoms with Gasteiger partial charge in [-0.3, -0.25) is 0 Å². The summed E-state index contributed by atoms with van der Waals surface area (Å²) >= 11 is 0. The van der Waals surface area contributed by atoms with E-state index in [0.29, 0.717) is 6.10 Å². The number of hydrogen-bond donors (Lipinski definition) is 0. The fraction of sp³-hybridized carbons (Fsp3) is 1.00. The monoisotopic (exact) mass is 334 g/mol. The summed E-state index contributed by atoms with van der Waals surface area (Å²) in [7, 11) is 0. The number of rotatable bonds is 6. The maximum Gasteiger partial charge on any atom is 0.0575 e. The minimum Gasteiger partial charge on any atom is -0.378 e. The molecule has 0 aromatic heterocycles. The average molecular weight is 335 g/mol. The first kappa shape index (κ1) is 18.7. The second-order valence-corrected chi connectivity index (χ2v) is 9.35. The van der Waals surface area contributed by atoms with Gasteiger partial charge in [0.15, 0.2) is 0 Å². The van der Waals surface area contributed by atoms with Crippen LogP contribution in [0.3, 0.4) is 0 Å².